The minimum atomic E-state index is -0.850. The molecule has 0 saturated heterocycles. The summed E-state index contributed by atoms with van der Waals surface area (Å²) in [5, 5.41) is 12.2. The van der Waals surface area contributed by atoms with Crippen LogP contribution in [0.4, 0.5) is 10.1 Å². The molecule has 104 valence electrons. The number of ether oxygens (including phenoxy) is 1. The fourth-order valence-electron chi connectivity index (χ4n) is 1.80. The number of phenolic OH excluding ortho intramolecular Hbond substituents is 1. The molecule has 0 fully saturated rings. The number of carbonyl (C=O) groups is 1. The SMILES string of the molecule is COC(=O)C(Nc1ccccc1)c1ccc(O)c(F)c1. The second-order valence-corrected chi connectivity index (χ2v) is 4.18. The van der Waals surface area contributed by atoms with Crippen molar-refractivity contribution in [1.29, 1.82) is 0 Å². The summed E-state index contributed by atoms with van der Waals surface area (Å²) in [5.41, 5.74) is 1.08. The van der Waals surface area contributed by atoms with E-state index in [9.17, 15) is 14.3 Å². The Morgan fingerprint density at radius 3 is 2.55 bits per heavy atom. The van der Waals surface area contributed by atoms with Gasteiger partial charge in [0.2, 0.25) is 0 Å². The van der Waals surface area contributed by atoms with E-state index in [1.54, 1.807) is 12.1 Å². The largest absolute Gasteiger partial charge is 0.505 e. The zero-order chi connectivity index (χ0) is 14.5. The number of esters is 1. The molecule has 2 N–H and O–H groups in total. The highest BCUT2D eigenvalue weighted by Crippen LogP contribution is 2.25. The van der Waals surface area contributed by atoms with Crippen LogP contribution in [0.3, 0.4) is 0 Å². The molecule has 2 rings (SSSR count). The Morgan fingerprint density at radius 1 is 1.25 bits per heavy atom. The number of rotatable bonds is 4. The number of phenols is 1. The van der Waals surface area contributed by atoms with Gasteiger partial charge in [-0.3, -0.25) is 0 Å². The fraction of sp³-hybridized carbons (Fsp3) is 0.133. The third kappa shape index (κ3) is 3.06. The maximum atomic E-state index is 13.4. The molecule has 0 aliphatic heterocycles. The van der Waals surface area contributed by atoms with Gasteiger partial charge in [-0.15, -0.1) is 0 Å². The van der Waals surface area contributed by atoms with Crippen LogP contribution in [-0.2, 0) is 9.53 Å². The summed E-state index contributed by atoms with van der Waals surface area (Å²) < 4.78 is 18.1. The Labute approximate surface area is 115 Å². The molecule has 0 aliphatic carbocycles. The molecule has 20 heavy (non-hydrogen) atoms. The van der Waals surface area contributed by atoms with E-state index in [4.69, 9.17) is 4.74 Å². The molecule has 5 heteroatoms. The number of hydrogen-bond donors (Lipinski definition) is 2. The van der Waals surface area contributed by atoms with Gasteiger partial charge in [0.15, 0.2) is 17.6 Å². The molecule has 0 saturated carbocycles. The summed E-state index contributed by atoms with van der Waals surface area (Å²) >= 11 is 0. The minimum Gasteiger partial charge on any atom is -0.505 e. The summed E-state index contributed by atoms with van der Waals surface area (Å²) in [6.07, 6.45) is 0. The quantitative estimate of drug-likeness (QED) is 0.842. The molecule has 2 aromatic carbocycles. The van der Waals surface area contributed by atoms with Crippen molar-refractivity contribution in [1.82, 2.24) is 0 Å². The first-order valence-electron chi connectivity index (χ1n) is 5.99. The number of benzene rings is 2. The Morgan fingerprint density at radius 2 is 1.95 bits per heavy atom. The zero-order valence-corrected chi connectivity index (χ0v) is 10.8. The van der Waals surface area contributed by atoms with E-state index in [2.05, 4.69) is 5.32 Å². The molecule has 0 amide bonds. The van der Waals surface area contributed by atoms with Gasteiger partial charge in [0.05, 0.1) is 7.11 Å². The first-order chi connectivity index (χ1) is 9.61. The Bertz CT molecular complexity index is 601. The van der Waals surface area contributed by atoms with Gasteiger partial charge < -0.3 is 15.2 Å². The van der Waals surface area contributed by atoms with Gasteiger partial charge in [0, 0.05) is 5.69 Å². The molecule has 0 radical (unpaired) electrons. The number of halogens is 1. The zero-order valence-electron chi connectivity index (χ0n) is 10.8. The normalized spacial score (nSPS) is 11.7. The summed E-state index contributed by atoms with van der Waals surface area (Å²) in [7, 11) is 1.26. The van der Waals surface area contributed by atoms with Crippen molar-refractivity contribution in [2.75, 3.05) is 12.4 Å². The van der Waals surface area contributed by atoms with Gasteiger partial charge in [0.1, 0.15) is 0 Å². The first-order valence-corrected chi connectivity index (χ1v) is 5.99. The van der Waals surface area contributed by atoms with Crippen LogP contribution in [0.15, 0.2) is 48.5 Å². The summed E-state index contributed by atoms with van der Waals surface area (Å²) in [5.74, 6) is -1.79. The van der Waals surface area contributed by atoms with Crippen LogP contribution in [0.2, 0.25) is 0 Å². The molecule has 0 heterocycles. The Balaban J connectivity index is 2.32. The number of aromatic hydroxyl groups is 1. The topological polar surface area (TPSA) is 58.6 Å². The lowest BCUT2D eigenvalue weighted by Crippen LogP contribution is -2.22. The maximum Gasteiger partial charge on any atom is 0.332 e. The number of hydrogen-bond acceptors (Lipinski definition) is 4. The number of methoxy groups -OCH3 is 1. The van der Waals surface area contributed by atoms with Gasteiger partial charge in [-0.05, 0) is 29.8 Å². The van der Waals surface area contributed by atoms with Gasteiger partial charge >= 0.3 is 5.97 Å². The van der Waals surface area contributed by atoms with Crippen LogP contribution in [0.1, 0.15) is 11.6 Å². The van der Waals surface area contributed by atoms with Gasteiger partial charge in [-0.1, -0.05) is 24.3 Å². The van der Waals surface area contributed by atoms with Crippen molar-refractivity contribution in [3.8, 4) is 5.75 Å². The average molecular weight is 275 g/mol. The molecule has 0 spiro atoms. The molecule has 0 aromatic heterocycles. The van der Waals surface area contributed by atoms with Crippen LogP contribution in [0, 0.1) is 5.82 Å². The number of nitrogens with one attached hydrogen (secondary N) is 1. The Kier molecular flexibility index (Phi) is 4.20. The average Bonchev–Trinajstić information content (AvgIpc) is 2.48. The van der Waals surface area contributed by atoms with Crippen LogP contribution in [0.5, 0.6) is 5.75 Å². The summed E-state index contributed by atoms with van der Waals surface area (Å²) in [6, 6.07) is 12.0. The van der Waals surface area contributed by atoms with E-state index < -0.39 is 23.6 Å². The highest BCUT2D eigenvalue weighted by Gasteiger charge is 2.22. The van der Waals surface area contributed by atoms with Crippen molar-refractivity contribution in [3.63, 3.8) is 0 Å². The smallest absolute Gasteiger partial charge is 0.332 e. The summed E-state index contributed by atoms with van der Waals surface area (Å²) in [4.78, 5) is 11.8. The van der Waals surface area contributed by atoms with Gasteiger partial charge in [-0.2, -0.15) is 0 Å². The number of anilines is 1. The van der Waals surface area contributed by atoms with Crippen molar-refractivity contribution in [2.45, 2.75) is 6.04 Å². The molecule has 1 unspecified atom stereocenters. The second-order valence-electron chi connectivity index (χ2n) is 4.18. The predicted octanol–water partition coefficient (Wildman–Crippen LogP) is 2.86. The lowest BCUT2D eigenvalue weighted by atomic mass is 10.1. The predicted molar refractivity (Wildman–Crippen MR) is 72.9 cm³/mol. The van der Waals surface area contributed by atoms with Crippen LogP contribution in [-0.4, -0.2) is 18.2 Å². The molecule has 0 aliphatic rings. The molecule has 1 atom stereocenters. The highest BCUT2D eigenvalue weighted by atomic mass is 19.1. The van der Waals surface area contributed by atoms with Crippen LogP contribution < -0.4 is 5.32 Å². The summed E-state index contributed by atoms with van der Waals surface area (Å²) in [6.45, 7) is 0. The second kappa shape index (κ2) is 6.06. The minimum absolute atomic E-state index is 0.371. The molecular formula is C15H14FNO3. The lowest BCUT2D eigenvalue weighted by molar-refractivity contribution is -0.141. The van der Waals surface area contributed by atoms with Gasteiger partial charge in [0.25, 0.3) is 0 Å². The van der Waals surface area contributed by atoms with Crippen molar-refractivity contribution in [3.05, 3.63) is 59.9 Å². The maximum absolute atomic E-state index is 13.4. The van der Waals surface area contributed by atoms with E-state index in [1.807, 2.05) is 18.2 Å². The standard InChI is InChI=1S/C15H14FNO3/c1-20-15(19)14(17-11-5-3-2-4-6-11)10-7-8-13(18)12(16)9-10/h2-9,14,17-18H,1H3. The van der Waals surface area contributed by atoms with E-state index in [-0.39, 0.29) is 0 Å². The van der Waals surface area contributed by atoms with Crippen LogP contribution >= 0.6 is 0 Å². The van der Waals surface area contributed by atoms with Crippen molar-refractivity contribution in [2.24, 2.45) is 0 Å². The molecule has 0 bridgehead atoms. The van der Waals surface area contributed by atoms with Crippen molar-refractivity contribution >= 4 is 11.7 Å². The fourth-order valence-corrected chi connectivity index (χ4v) is 1.80. The van der Waals surface area contributed by atoms with Gasteiger partial charge in [-0.25, -0.2) is 9.18 Å². The van der Waals surface area contributed by atoms with Crippen LogP contribution in [0.25, 0.3) is 0 Å². The molecular weight excluding hydrogens is 261 g/mol. The van der Waals surface area contributed by atoms with E-state index in [1.165, 1.54) is 19.2 Å². The van der Waals surface area contributed by atoms with E-state index in [0.29, 0.717) is 11.3 Å². The van der Waals surface area contributed by atoms with E-state index in [0.717, 1.165) is 6.07 Å². The monoisotopic (exact) mass is 275 g/mol. The Hall–Kier alpha value is -2.56. The number of para-hydroxylation sites is 1. The first kappa shape index (κ1) is 13.9. The molecule has 2 aromatic rings. The third-order valence-electron chi connectivity index (χ3n) is 2.83. The third-order valence-corrected chi connectivity index (χ3v) is 2.83. The molecule has 4 nitrogen and oxygen atoms in total. The highest BCUT2D eigenvalue weighted by molar-refractivity contribution is 5.81. The van der Waals surface area contributed by atoms with Crippen molar-refractivity contribution < 1.29 is 19.0 Å². The lowest BCUT2D eigenvalue weighted by Gasteiger charge is -2.18. The van der Waals surface area contributed by atoms with E-state index >= 15 is 0 Å². The number of carbonyl (C=O) groups excluding carboxylic acids is 1.